The Kier molecular flexibility index (Phi) is 5.07. The summed E-state index contributed by atoms with van der Waals surface area (Å²) in [5.41, 5.74) is 0. The molecule has 0 amide bonds. The predicted molar refractivity (Wildman–Crippen MR) is 68.1 cm³/mol. The van der Waals surface area contributed by atoms with Crippen LogP contribution in [0.2, 0.25) is 0 Å². The topological polar surface area (TPSA) is 64.9 Å². The van der Waals surface area contributed by atoms with Crippen LogP contribution in [0.1, 0.15) is 44.5 Å². The van der Waals surface area contributed by atoms with Gasteiger partial charge in [-0.15, -0.1) is 5.10 Å². The Morgan fingerprint density at radius 2 is 2.11 bits per heavy atom. The normalized spacial score (nSPS) is 24.3. The summed E-state index contributed by atoms with van der Waals surface area (Å²) < 4.78 is 7.00. The maximum atomic E-state index is 5.00. The van der Waals surface area contributed by atoms with E-state index < -0.39 is 0 Å². The SMILES string of the molecule is COCCNCc1nnnn1C1CCC(C)CC1. The van der Waals surface area contributed by atoms with E-state index in [1.165, 1.54) is 25.7 Å². The molecule has 0 saturated heterocycles. The predicted octanol–water partition coefficient (Wildman–Crippen LogP) is 1.16. The smallest absolute Gasteiger partial charge is 0.165 e. The van der Waals surface area contributed by atoms with E-state index in [0.717, 1.165) is 18.3 Å². The second kappa shape index (κ2) is 6.80. The molecular formula is C12H23N5O. The molecule has 0 spiro atoms. The zero-order chi connectivity index (χ0) is 12.8. The van der Waals surface area contributed by atoms with E-state index in [-0.39, 0.29) is 0 Å². The molecule has 1 aromatic heterocycles. The maximum Gasteiger partial charge on any atom is 0.165 e. The van der Waals surface area contributed by atoms with Crippen LogP contribution in [0.25, 0.3) is 0 Å². The molecule has 6 nitrogen and oxygen atoms in total. The maximum absolute atomic E-state index is 5.00. The van der Waals surface area contributed by atoms with Crippen LogP contribution in [0.5, 0.6) is 0 Å². The van der Waals surface area contributed by atoms with Gasteiger partial charge in [0.15, 0.2) is 5.82 Å². The average Bonchev–Trinajstić information content (AvgIpc) is 2.84. The minimum absolute atomic E-state index is 0.482. The third-order valence-electron chi connectivity index (χ3n) is 3.66. The van der Waals surface area contributed by atoms with Crippen LogP contribution in [-0.4, -0.2) is 40.5 Å². The molecule has 1 aliphatic rings. The van der Waals surface area contributed by atoms with Gasteiger partial charge in [0.2, 0.25) is 0 Å². The Labute approximate surface area is 108 Å². The van der Waals surface area contributed by atoms with Crippen LogP contribution in [0, 0.1) is 5.92 Å². The molecule has 1 aromatic rings. The lowest BCUT2D eigenvalue weighted by Gasteiger charge is -2.26. The van der Waals surface area contributed by atoms with E-state index in [0.29, 0.717) is 19.2 Å². The highest BCUT2D eigenvalue weighted by Gasteiger charge is 2.22. The molecule has 1 aliphatic carbocycles. The first-order valence-electron chi connectivity index (χ1n) is 6.77. The minimum Gasteiger partial charge on any atom is -0.383 e. The highest BCUT2D eigenvalue weighted by Crippen LogP contribution is 2.31. The fourth-order valence-electron chi connectivity index (χ4n) is 2.47. The van der Waals surface area contributed by atoms with Gasteiger partial charge in [-0.25, -0.2) is 4.68 Å². The Morgan fingerprint density at radius 3 is 2.83 bits per heavy atom. The second-order valence-electron chi connectivity index (χ2n) is 5.12. The first kappa shape index (κ1) is 13.4. The van der Waals surface area contributed by atoms with E-state index in [1.807, 2.05) is 4.68 Å². The molecule has 0 aliphatic heterocycles. The Hall–Kier alpha value is -1.01. The van der Waals surface area contributed by atoms with Gasteiger partial charge in [-0.1, -0.05) is 6.92 Å². The third kappa shape index (κ3) is 3.49. The molecule has 1 N–H and O–H groups in total. The summed E-state index contributed by atoms with van der Waals surface area (Å²) in [6.45, 7) is 4.57. The summed E-state index contributed by atoms with van der Waals surface area (Å²) in [7, 11) is 1.70. The number of nitrogens with zero attached hydrogens (tertiary/aromatic N) is 4. The molecule has 1 fully saturated rings. The second-order valence-corrected chi connectivity index (χ2v) is 5.12. The van der Waals surface area contributed by atoms with Crippen molar-refractivity contribution >= 4 is 0 Å². The van der Waals surface area contributed by atoms with Crippen molar-refractivity contribution in [2.75, 3.05) is 20.3 Å². The van der Waals surface area contributed by atoms with Gasteiger partial charge in [0.25, 0.3) is 0 Å². The van der Waals surface area contributed by atoms with Crippen LogP contribution < -0.4 is 5.32 Å². The zero-order valence-corrected chi connectivity index (χ0v) is 11.3. The molecule has 102 valence electrons. The van der Waals surface area contributed by atoms with E-state index in [4.69, 9.17) is 4.74 Å². The number of rotatable bonds is 6. The number of hydrogen-bond donors (Lipinski definition) is 1. The number of hydrogen-bond acceptors (Lipinski definition) is 5. The summed E-state index contributed by atoms with van der Waals surface area (Å²) >= 11 is 0. The van der Waals surface area contributed by atoms with Crippen molar-refractivity contribution in [3.05, 3.63) is 5.82 Å². The highest BCUT2D eigenvalue weighted by atomic mass is 16.5. The van der Waals surface area contributed by atoms with Crippen molar-refractivity contribution in [1.29, 1.82) is 0 Å². The van der Waals surface area contributed by atoms with Crippen molar-refractivity contribution < 1.29 is 4.74 Å². The molecule has 0 radical (unpaired) electrons. The molecule has 1 heterocycles. The minimum atomic E-state index is 0.482. The number of aromatic nitrogens is 4. The zero-order valence-electron chi connectivity index (χ0n) is 11.3. The van der Waals surface area contributed by atoms with Crippen LogP contribution >= 0.6 is 0 Å². The number of nitrogens with one attached hydrogen (secondary N) is 1. The lowest BCUT2D eigenvalue weighted by molar-refractivity contribution is 0.198. The first-order chi connectivity index (χ1) is 8.81. The monoisotopic (exact) mass is 253 g/mol. The van der Waals surface area contributed by atoms with E-state index in [9.17, 15) is 0 Å². The van der Waals surface area contributed by atoms with Gasteiger partial charge in [0.1, 0.15) is 0 Å². The van der Waals surface area contributed by atoms with E-state index in [1.54, 1.807) is 7.11 Å². The molecule has 0 aromatic carbocycles. The quantitative estimate of drug-likeness (QED) is 0.771. The van der Waals surface area contributed by atoms with Gasteiger partial charge in [-0.3, -0.25) is 0 Å². The molecule has 18 heavy (non-hydrogen) atoms. The summed E-state index contributed by atoms with van der Waals surface area (Å²) in [5, 5.41) is 15.4. The number of methoxy groups -OCH3 is 1. The van der Waals surface area contributed by atoms with Gasteiger partial charge < -0.3 is 10.1 Å². The van der Waals surface area contributed by atoms with Gasteiger partial charge in [0.05, 0.1) is 19.2 Å². The average molecular weight is 253 g/mol. The van der Waals surface area contributed by atoms with Gasteiger partial charge in [-0.05, 0) is 42.0 Å². The molecule has 6 heteroatoms. The molecule has 0 atom stereocenters. The van der Waals surface area contributed by atoms with Crippen molar-refractivity contribution in [3.63, 3.8) is 0 Å². The summed E-state index contributed by atoms with van der Waals surface area (Å²) in [6.07, 6.45) is 4.94. The molecule has 2 rings (SSSR count). The van der Waals surface area contributed by atoms with Gasteiger partial charge in [0, 0.05) is 13.7 Å². The van der Waals surface area contributed by atoms with Crippen molar-refractivity contribution in [1.82, 2.24) is 25.5 Å². The number of tetrazole rings is 1. The lowest BCUT2D eigenvalue weighted by atomic mass is 9.87. The standard InChI is InChI=1S/C12H23N5O/c1-10-3-5-11(6-4-10)17-12(14-15-16-17)9-13-7-8-18-2/h10-11,13H,3-9H2,1-2H3. The Balaban J connectivity index is 1.87. The summed E-state index contributed by atoms with van der Waals surface area (Å²) in [6, 6.07) is 0.482. The molecular weight excluding hydrogens is 230 g/mol. The fourth-order valence-corrected chi connectivity index (χ4v) is 2.47. The summed E-state index contributed by atoms with van der Waals surface area (Å²) in [5.74, 6) is 1.78. The van der Waals surface area contributed by atoms with Crippen LogP contribution in [0.3, 0.4) is 0 Å². The van der Waals surface area contributed by atoms with Crippen LogP contribution in [0.4, 0.5) is 0 Å². The van der Waals surface area contributed by atoms with Crippen LogP contribution in [-0.2, 0) is 11.3 Å². The Bertz CT molecular complexity index is 346. The van der Waals surface area contributed by atoms with Crippen molar-refractivity contribution in [2.24, 2.45) is 5.92 Å². The van der Waals surface area contributed by atoms with E-state index in [2.05, 4.69) is 27.8 Å². The van der Waals surface area contributed by atoms with E-state index >= 15 is 0 Å². The Morgan fingerprint density at radius 1 is 1.33 bits per heavy atom. The molecule has 0 unspecified atom stereocenters. The first-order valence-corrected chi connectivity index (χ1v) is 6.77. The number of ether oxygens (including phenoxy) is 1. The van der Waals surface area contributed by atoms with Crippen molar-refractivity contribution in [2.45, 2.75) is 45.2 Å². The highest BCUT2D eigenvalue weighted by molar-refractivity contribution is 4.86. The molecule has 0 bridgehead atoms. The van der Waals surface area contributed by atoms with Gasteiger partial charge in [-0.2, -0.15) is 0 Å². The van der Waals surface area contributed by atoms with Crippen molar-refractivity contribution in [3.8, 4) is 0 Å². The largest absolute Gasteiger partial charge is 0.383 e. The van der Waals surface area contributed by atoms with Gasteiger partial charge >= 0.3 is 0 Å². The third-order valence-corrected chi connectivity index (χ3v) is 3.66. The molecule has 1 saturated carbocycles. The summed E-state index contributed by atoms with van der Waals surface area (Å²) in [4.78, 5) is 0. The fraction of sp³-hybridized carbons (Fsp3) is 0.917. The van der Waals surface area contributed by atoms with Crippen LogP contribution in [0.15, 0.2) is 0 Å². The lowest BCUT2D eigenvalue weighted by Crippen LogP contribution is -2.24.